The standard InChI is InChI=1S/C15H25NO/c1-16(2)10-14(17)15-7-11-3-4-12(8-15)6-13(5-11)9-15/h11-13H,3-10H2,1-2H3/p+1/t11-,12-,13?,15?/m1/s1. The van der Waals surface area contributed by atoms with E-state index >= 15 is 0 Å². The van der Waals surface area contributed by atoms with E-state index in [4.69, 9.17) is 0 Å². The molecule has 4 rings (SSSR count). The van der Waals surface area contributed by atoms with Gasteiger partial charge in [0.15, 0.2) is 5.78 Å². The lowest BCUT2D eigenvalue weighted by Gasteiger charge is -2.47. The maximum Gasteiger partial charge on any atom is 0.192 e. The molecule has 0 aromatic carbocycles. The van der Waals surface area contributed by atoms with Gasteiger partial charge in [-0.1, -0.05) is 12.8 Å². The molecule has 0 spiro atoms. The lowest BCUT2D eigenvalue weighted by atomic mass is 9.57. The van der Waals surface area contributed by atoms with Crippen LogP contribution >= 0.6 is 0 Å². The van der Waals surface area contributed by atoms with Gasteiger partial charge in [0.1, 0.15) is 6.54 Å². The van der Waals surface area contributed by atoms with Gasteiger partial charge in [0, 0.05) is 5.41 Å². The number of carbonyl (C=O) groups is 1. The summed E-state index contributed by atoms with van der Waals surface area (Å²) in [6.07, 6.45) is 9.36. The molecule has 0 saturated heterocycles. The molecule has 2 heteroatoms. The third-order valence-electron chi connectivity index (χ3n) is 5.46. The molecule has 0 unspecified atom stereocenters. The van der Waals surface area contributed by atoms with E-state index in [2.05, 4.69) is 14.1 Å². The van der Waals surface area contributed by atoms with E-state index in [0.717, 1.165) is 24.3 Å². The lowest BCUT2D eigenvalue weighted by Crippen LogP contribution is -3.07. The molecule has 1 N–H and O–H groups in total. The van der Waals surface area contributed by atoms with Gasteiger partial charge in [-0.05, 0) is 49.9 Å². The molecule has 2 nitrogen and oxygen atoms in total. The minimum absolute atomic E-state index is 0.115. The molecule has 0 aromatic heterocycles. The summed E-state index contributed by atoms with van der Waals surface area (Å²) in [4.78, 5) is 13.9. The Morgan fingerprint density at radius 3 is 2.12 bits per heavy atom. The van der Waals surface area contributed by atoms with E-state index in [9.17, 15) is 4.79 Å². The first-order valence-electron chi connectivity index (χ1n) is 7.40. The summed E-state index contributed by atoms with van der Waals surface area (Å²) in [5.41, 5.74) is 0.115. The molecule has 0 radical (unpaired) electrons. The van der Waals surface area contributed by atoms with Crippen molar-refractivity contribution >= 4 is 5.78 Å². The highest BCUT2D eigenvalue weighted by Crippen LogP contribution is 2.57. The number of Topliss-reactive ketones (excluding diaryl/α,β-unsaturated/α-hetero) is 1. The predicted molar refractivity (Wildman–Crippen MR) is 67.9 cm³/mol. The predicted octanol–water partition coefficient (Wildman–Crippen LogP) is 1.31. The van der Waals surface area contributed by atoms with E-state index < -0.39 is 0 Å². The Labute approximate surface area is 105 Å². The monoisotopic (exact) mass is 236 g/mol. The zero-order chi connectivity index (χ0) is 12.0. The lowest BCUT2D eigenvalue weighted by molar-refractivity contribution is -0.849. The van der Waals surface area contributed by atoms with Crippen LogP contribution < -0.4 is 4.90 Å². The minimum Gasteiger partial charge on any atom is -0.334 e. The van der Waals surface area contributed by atoms with Gasteiger partial charge >= 0.3 is 0 Å². The third kappa shape index (κ3) is 2.05. The first-order valence-corrected chi connectivity index (χ1v) is 7.40. The maximum atomic E-state index is 12.6. The second-order valence-corrected chi connectivity index (χ2v) is 7.35. The Balaban J connectivity index is 1.84. The van der Waals surface area contributed by atoms with Gasteiger partial charge in [-0.3, -0.25) is 4.79 Å². The molecule has 4 bridgehead atoms. The van der Waals surface area contributed by atoms with Crippen molar-refractivity contribution in [3.63, 3.8) is 0 Å². The van der Waals surface area contributed by atoms with Crippen molar-refractivity contribution in [1.29, 1.82) is 0 Å². The van der Waals surface area contributed by atoms with Crippen LogP contribution in [0.15, 0.2) is 0 Å². The van der Waals surface area contributed by atoms with E-state index in [-0.39, 0.29) is 5.41 Å². The molecule has 17 heavy (non-hydrogen) atoms. The third-order valence-corrected chi connectivity index (χ3v) is 5.46. The van der Waals surface area contributed by atoms with Gasteiger partial charge in [-0.2, -0.15) is 0 Å². The van der Waals surface area contributed by atoms with Crippen molar-refractivity contribution in [2.24, 2.45) is 23.2 Å². The van der Waals surface area contributed by atoms with Crippen molar-refractivity contribution in [3.8, 4) is 0 Å². The quantitative estimate of drug-likeness (QED) is 0.784. The Kier molecular flexibility index (Phi) is 2.81. The Morgan fingerprint density at radius 2 is 1.59 bits per heavy atom. The van der Waals surface area contributed by atoms with Crippen LogP contribution in [0, 0.1) is 23.2 Å². The summed E-state index contributed by atoms with van der Waals surface area (Å²) < 4.78 is 0. The highest BCUT2D eigenvalue weighted by molar-refractivity contribution is 5.86. The summed E-state index contributed by atoms with van der Waals surface area (Å²) in [5, 5.41) is 0. The Bertz CT molecular complexity index is 307. The second kappa shape index (κ2) is 4.08. The smallest absolute Gasteiger partial charge is 0.192 e. The van der Waals surface area contributed by atoms with Crippen LogP contribution in [0.2, 0.25) is 0 Å². The SMILES string of the molecule is C[NH+](C)CC(=O)C12CC3C[C@@H](CC[C@H](C3)C1)C2. The molecule has 4 aliphatic carbocycles. The van der Waals surface area contributed by atoms with E-state index in [1.54, 1.807) is 0 Å². The number of likely N-dealkylation sites (N-methyl/N-ethyl adjacent to an activating group) is 1. The van der Waals surface area contributed by atoms with Gasteiger partial charge < -0.3 is 4.90 Å². The number of ketones is 1. The maximum absolute atomic E-state index is 12.6. The van der Waals surface area contributed by atoms with Gasteiger partial charge in [-0.25, -0.2) is 0 Å². The number of quaternary nitrogens is 1. The first kappa shape index (κ1) is 11.7. The largest absolute Gasteiger partial charge is 0.334 e. The topological polar surface area (TPSA) is 21.5 Å². The van der Waals surface area contributed by atoms with Crippen molar-refractivity contribution in [3.05, 3.63) is 0 Å². The number of hydrogen-bond donors (Lipinski definition) is 1. The van der Waals surface area contributed by atoms with Gasteiger partial charge in [-0.15, -0.1) is 0 Å². The molecular formula is C15H26NO+. The zero-order valence-corrected chi connectivity index (χ0v) is 11.3. The van der Waals surface area contributed by atoms with Crippen LogP contribution in [0.5, 0.6) is 0 Å². The average molecular weight is 236 g/mol. The van der Waals surface area contributed by atoms with Crippen LogP contribution in [0.4, 0.5) is 0 Å². The number of nitrogens with one attached hydrogen (secondary N) is 1. The van der Waals surface area contributed by atoms with E-state index in [1.165, 1.54) is 49.8 Å². The fraction of sp³-hybridized carbons (Fsp3) is 0.933. The summed E-state index contributed by atoms with van der Waals surface area (Å²) in [5.74, 6) is 3.22. The first-order chi connectivity index (χ1) is 8.07. The number of carbonyl (C=O) groups excluding carboxylic acids is 1. The molecule has 0 aromatic rings. The fourth-order valence-electron chi connectivity index (χ4n) is 5.04. The average Bonchev–Trinajstić information content (AvgIpc) is 2.44. The molecule has 96 valence electrons. The summed E-state index contributed by atoms with van der Waals surface area (Å²) in [6.45, 7) is 0.742. The Morgan fingerprint density at radius 1 is 1.06 bits per heavy atom. The van der Waals surface area contributed by atoms with Crippen molar-refractivity contribution in [2.75, 3.05) is 20.6 Å². The number of hydrogen-bond acceptors (Lipinski definition) is 1. The molecular weight excluding hydrogens is 210 g/mol. The van der Waals surface area contributed by atoms with Crippen LogP contribution in [0.1, 0.15) is 44.9 Å². The Hall–Kier alpha value is -0.370. The van der Waals surface area contributed by atoms with Crippen molar-refractivity contribution in [2.45, 2.75) is 44.9 Å². The minimum atomic E-state index is 0.115. The van der Waals surface area contributed by atoms with Crippen LogP contribution in [0.25, 0.3) is 0 Å². The fourth-order valence-corrected chi connectivity index (χ4v) is 5.04. The molecule has 4 saturated carbocycles. The molecule has 2 atom stereocenters. The molecule has 0 amide bonds. The van der Waals surface area contributed by atoms with Crippen LogP contribution in [0.3, 0.4) is 0 Å². The zero-order valence-electron chi connectivity index (χ0n) is 11.3. The van der Waals surface area contributed by atoms with E-state index in [1.807, 2.05) is 0 Å². The van der Waals surface area contributed by atoms with Crippen LogP contribution in [-0.2, 0) is 4.79 Å². The van der Waals surface area contributed by atoms with Gasteiger partial charge in [0.25, 0.3) is 0 Å². The molecule has 0 aliphatic heterocycles. The van der Waals surface area contributed by atoms with E-state index in [0.29, 0.717) is 5.78 Å². The second-order valence-electron chi connectivity index (χ2n) is 7.35. The summed E-state index contributed by atoms with van der Waals surface area (Å²) >= 11 is 0. The molecule has 4 aliphatic rings. The molecule has 0 heterocycles. The highest BCUT2D eigenvalue weighted by atomic mass is 16.1. The summed E-state index contributed by atoms with van der Waals surface area (Å²) in [6, 6.07) is 0. The van der Waals surface area contributed by atoms with Crippen molar-refractivity contribution < 1.29 is 9.69 Å². The van der Waals surface area contributed by atoms with Gasteiger partial charge in [0.05, 0.1) is 14.1 Å². The van der Waals surface area contributed by atoms with Crippen LogP contribution in [-0.4, -0.2) is 26.4 Å². The number of rotatable bonds is 3. The normalized spacial score (nSPS) is 44.1. The van der Waals surface area contributed by atoms with Crippen molar-refractivity contribution in [1.82, 2.24) is 0 Å². The molecule has 4 fully saturated rings. The van der Waals surface area contributed by atoms with Gasteiger partial charge in [0.2, 0.25) is 0 Å². The number of fused-ring (bicyclic) bond motifs is 1. The highest BCUT2D eigenvalue weighted by Gasteiger charge is 2.52. The summed E-state index contributed by atoms with van der Waals surface area (Å²) in [7, 11) is 4.21.